The first-order chi connectivity index (χ1) is 12.9. The fourth-order valence-electron chi connectivity index (χ4n) is 3.45. The molecule has 1 aromatic carbocycles. The van der Waals surface area contributed by atoms with E-state index >= 15 is 0 Å². The van der Waals surface area contributed by atoms with Gasteiger partial charge in [-0.25, -0.2) is 0 Å². The zero-order valence-electron chi connectivity index (χ0n) is 15.5. The summed E-state index contributed by atoms with van der Waals surface area (Å²) in [5, 5.41) is 5.58. The molecule has 1 aliphatic rings. The van der Waals surface area contributed by atoms with Crippen molar-refractivity contribution in [3.63, 3.8) is 0 Å². The van der Waals surface area contributed by atoms with E-state index in [2.05, 4.69) is 10.6 Å². The molecule has 1 aromatic rings. The number of nitrogens with one attached hydrogen (secondary N) is 2. The van der Waals surface area contributed by atoms with Gasteiger partial charge in [0.15, 0.2) is 5.11 Å². The summed E-state index contributed by atoms with van der Waals surface area (Å²) < 4.78 is 77.8. The van der Waals surface area contributed by atoms with E-state index in [9.17, 15) is 26.3 Å². The Morgan fingerprint density at radius 3 is 2.04 bits per heavy atom. The highest BCUT2D eigenvalue weighted by Gasteiger charge is 2.37. The Morgan fingerprint density at radius 1 is 1.00 bits per heavy atom. The molecule has 0 heterocycles. The van der Waals surface area contributed by atoms with Crippen molar-refractivity contribution in [2.45, 2.75) is 44.1 Å². The number of halogens is 6. The summed E-state index contributed by atoms with van der Waals surface area (Å²) >= 11 is 5.16. The zero-order valence-corrected chi connectivity index (χ0v) is 16.4. The lowest BCUT2D eigenvalue weighted by Gasteiger charge is -2.34. The fraction of sp³-hybridized carbons (Fsp3) is 0.611. The topological polar surface area (TPSA) is 27.3 Å². The van der Waals surface area contributed by atoms with Gasteiger partial charge in [0.25, 0.3) is 0 Å². The Labute approximate surface area is 165 Å². The summed E-state index contributed by atoms with van der Waals surface area (Å²) in [5.74, 6) is 0.302. The van der Waals surface area contributed by atoms with E-state index < -0.39 is 23.5 Å². The van der Waals surface area contributed by atoms with Crippen molar-refractivity contribution in [3.8, 4) is 0 Å². The number of benzene rings is 1. The van der Waals surface area contributed by atoms with Crippen LogP contribution in [0.4, 0.5) is 32.0 Å². The highest BCUT2D eigenvalue weighted by Crippen LogP contribution is 2.37. The third-order valence-electron chi connectivity index (χ3n) is 4.67. The predicted molar refractivity (Wildman–Crippen MR) is 100 cm³/mol. The summed E-state index contributed by atoms with van der Waals surface area (Å²) in [6, 6.07) is 1.36. The van der Waals surface area contributed by atoms with Gasteiger partial charge < -0.3 is 15.5 Å². The molecule has 0 amide bonds. The number of rotatable bonds is 4. The van der Waals surface area contributed by atoms with E-state index in [0.717, 1.165) is 32.2 Å². The molecule has 1 saturated carbocycles. The second-order valence-corrected chi connectivity index (χ2v) is 7.71. The second kappa shape index (κ2) is 8.86. The van der Waals surface area contributed by atoms with Crippen molar-refractivity contribution < 1.29 is 26.3 Å². The molecular formula is C18H23F6N3S. The van der Waals surface area contributed by atoms with Gasteiger partial charge in [0.1, 0.15) is 0 Å². The summed E-state index contributed by atoms with van der Waals surface area (Å²) in [5.41, 5.74) is -3.11. The van der Waals surface area contributed by atoms with E-state index in [1.54, 1.807) is 0 Å². The molecule has 28 heavy (non-hydrogen) atoms. The summed E-state index contributed by atoms with van der Waals surface area (Å²) in [7, 11) is 3.90. The van der Waals surface area contributed by atoms with Crippen LogP contribution in [0.15, 0.2) is 18.2 Å². The number of alkyl halides is 6. The Balaban J connectivity index is 2.16. The van der Waals surface area contributed by atoms with Crippen molar-refractivity contribution >= 4 is 23.0 Å². The molecule has 1 aliphatic carbocycles. The van der Waals surface area contributed by atoms with Gasteiger partial charge in [0.05, 0.1) is 11.1 Å². The minimum Gasteiger partial charge on any atom is -0.359 e. The third kappa shape index (κ3) is 6.51. The third-order valence-corrected chi connectivity index (χ3v) is 4.89. The van der Waals surface area contributed by atoms with Crippen LogP contribution in [-0.2, 0) is 12.4 Å². The number of nitrogens with zero attached hydrogens (tertiary/aromatic N) is 1. The van der Waals surface area contributed by atoms with Crippen LogP contribution < -0.4 is 10.6 Å². The minimum atomic E-state index is -4.90. The SMILES string of the molecule is CN(C)C[C@H]1CCCC[C@@H]1NC(=S)Nc1cc(C(F)(F)F)cc(C(F)(F)F)c1. The average Bonchev–Trinajstić information content (AvgIpc) is 2.54. The van der Waals surface area contributed by atoms with Gasteiger partial charge in [0.2, 0.25) is 0 Å². The Morgan fingerprint density at radius 2 is 1.54 bits per heavy atom. The van der Waals surface area contributed by atoms with E-state index in [0.29, 0.717) is 18.1 Å². The van der Waals surface area contributed by atoms with Crippen LogP contribution in [0, 0.1) is 5.92 Å². The molecule has 158 valence electrons. The Bertz CT molecular complexity index is 655. The van der Waals surface area contributed by atoms with Crippen LogP contribution >= 0.6 is 12.2 Å². The monoisotopic (exact) mass is 427 g/mol. The van der Waals surface area contributed by atoms with Crippen LogP contribution in [0.3, 0.4) is 0 Å². The predicted octanol–water partition coefficient (Wildman–Crippen LogP) is 5.13. The lowest BCUT2D eigenvalue weighted by atomic mass is 9.84. The van der Waals surface area contributed by atoms with Gasteiger partial charge in [0, 0.05) is 18.3 Å². The van der Waals surface area contributed by atoms with E-state index in [-0.39, 0.29) is 22.9 Å². The van der Waals surface area contributed by atoms with Gasteiger partial charge in [-0.15, -0.1) is 0 Å². The highest BCUT2D eigenvalue weighted by molar-refractivity contribution is 7.80. The smallest absolute Gasteiger partial charge is 0.359 e. The average molecular weight is 427 g/mol. The van der Waals surface area contributed by atoms with Crippen molar-refractivity contribution in [1.82, 2.24) is 10.2 Å². The highest BCUT2D eigenvalue weighted by atomic mass is 32.1. The van der Waals surface area contributed by atoms with Crippen molar-refractivity contribution in [1.29, 1.82) is 0 Å². The summed E-state index contributed by atoms with van der Waals surface area (Å²) in [4.78, 5) is 2.05. The lowest BCUT2D eigenvalue weighted by Crippen LogP contribution is -2.46. The number of hydrogen-bond donors (Lipinski definition) is 2. The molecule has 10 heteroatoms. The van der Waals surface area contributed by atoms with Crippen LogP contribution in [0.5, 0.6) is 0 Å². The van der Waals surface area contributed by atoms with Crippen LogP contribution in [-0.4, -0.2) is 36.7 Å². The Kier molecular flexibility index (Phi) is 7.19. The first-order valence-electron chi connectivity index (χ1n) is 8.88. The molecule has 2 N–H and O–H groups in total. The number of hydrogen-bond acceptors (Lipinski definition) is 2. The molecule has 1 fully saturated rings. The fourth-order valence-corrected chi connectivity index (χ4v) is 3.72. The summed E-state index contributed by atoms with van der Waals surface area (Å²) in [6.07, 6.45) is -5.89. The normalized spacial score (nSPS) is 20.9. The van der Waals surface area contributed by atoms with E-state index in [1.165, 1.54) is 0 Å². The molecule has 2 rings (SSSR count). The van der Waals surface area contributed by atoms with Crippen molar-refractivity contribution in [2.24, 2.45) is 5.92 Å². The molecule has 0 radical (unpaired) electrons. The Hall–Kier alpha value is -1.55. The van der Waals surface area contributed by atoms with E-state index in [1.807, 2.05) is 19.0 Å². The van der Waals surface area contributed by atoms with Gasteiger partial charge in [-0.2, -0.15) is 26.3 Å². The van der Waals surface area contributed by atoms with Crippen LogP contribution in [0.2, 0.25) is 0 Å². The quantitative estimate of drug-likeness (QED) is 0.515. The lowest BCUT2D eigenvalue weighted by molar-refractivity contribution is -0.143. The van der Waals surface area contributed by atoms with Gasteiger partial charge in [-0.1, -0.05) is 12.8 Å². The minimum absolute atomic E-state index is 0.0168. The van der Waals surface area contributed by atoms with E-state index in [4.69, 9.17) is 12.2 Å². The largest absolute Gasteiger partial charge is 0.416 e. The molecule has 0 aliphatic heterocycles. The first kappa shape index (κ1) is 22.7. The first-order valence-corrected chi connectivity index (χ1v) is 9.29. The molecule has 0 saturated heterocycles. The standard InChI is InChI=1S/C18H23F6N3S/c1-27(2)10-11-5-3-4-6-15(11)26-16(28)25-14-8-12(17(19,20)21)7-13(9-14)18(22,23)24/h7-9,11,15H,3-6,10H2,1-2H3,(H2,25,26,28)/t11-,15+/m1/s1. The van der Waals surface area contributed by atoms with Crippen LogP contribution in [0.1, 0.15) is 36.8 Å². The maximum atomic E-state index is 13.0. The van der Waals surface area contributed by atoms with Gasteiger partial charge >= 0.3 is 12.4 Å². The molecule has 2 atom stereocenters. The van der Waals surface area contributed by atoms with Crippen LogP contribution in [0.25, 0.3) is 0 Å². The molecular weight excluding hydrogens is 404 g/mol. The number of anilines is 1. The molecule has 0 bridgehead atoms. The van der Waals surface area contributed by atoms with Gasteiger partial charge in [-0.3, -0.25) is 0 Å². The number of thiocarbonyl (C=S) groups is 1. The molecule has 0 aromatic heterocycles. The van der Waals surface area contributed by atoms with Gasteiger partial charge in [-0.05, 0) is 63.3 Å². The summed E-state index contributed by atoms with van der Waals surface area (Å²) in [6.45, 7) is 0.821. The maximum Gasteiger partial charge on any atom is 0.416 e. The maximum absolute atomic E-state index is 13.0. The molecule has 0 spiro atoms. The zero-order chi connectivity index (χ0) is 21.1. The second-order valence-electron chi connectivity index (χ2n) is 7.31. The van der Waals surface area contributed by atoms with Crippen molar-refractivity contribution in [2.75, 3.05) is 26.0 Å². The molecule has 0 unspecified atom stereocenters. The van der Waals surface area contributed by atoms with Crippen molar-refractivity contribution in [3.05, 3.63) is 29.3 Å². The molecule has 3 nitrogen and oxygen atoms in total.